The van der Waals surface area contributed by atoms with Gasteiger partial charge in [0.25, 0.3) is 9.84 Å². The van der Waals surface area contributed by atoms with Crippen molar-refractivity contribution < 1.29 is 22.7 Å². The van der Waals surface area contributed by atoms with E-state index in [1.165, 1.54) is 29.2 Å². The molecule has 1 aromatic rings. The number of carbonyl (C=O) groups is 1. The van der Waals surface area contributed by atoms with Gasteiger partial charge in [-0.05, 0) is 32.9 Å². The number of rotatable bonds is 1. The third-order valence-electron chi connectivity index (χ3n) is 3.50. The van der Waals surface area contributed by atoms with E-state index in [2.05, 4.69) is 4.79 Å². The van der Waals surface area contributed by atoms with Crippen LogP contribution in [-0.4, -0.2) is 47.4 Å². The lowest BCUT2D eigenvalue weighted by Gasteiger charge is -2.30. The molecule has 0 radical (unpaired) electrons. The van der Waals surface area contributed by atoms with Crippen LogP contribution >= 0.6 is 0 Å². The topological polar surface area (TPSA) is 100 Å². The number of benzene rings is 1. The molecule has 22 heavy (non-hydrogen) atoms. The maximum absolute atomic E-state index is 12.6. The molecule has 1 aliphatic heterocycles. The molecule has 1 saturated heterocycles. The minimum Gasteiger partial charge on any atom is -0.360 e. The summed E-state index contributed by atoms with van der Waals surface area (Å²) in [5.74, 6) is -0.888. The quantitative estimate of drug-likeness (QED) is 0.334. The zero-order valence-corrected chi connectivity index (χ0v) is 13.4. The molecule has 8 heteroatoms. The first-order chi connectivity index (χ1) is 10.2. The van der Waals surface area contributed by atoms with Crippen molar-refractivity contribution in [3.05, 3.63) is 35.9 Å². The van der Waals surface area contributed by atoms with Crippen LogP contribution in [0.25, 0.3) is 5.53 Å². The minimum atomic E-state index is -4.21. The fourth-order valence-corrected chi connectivity index (χ4v) is 3.64. The lowest BCUT2D eigenvalue weighted by Crippen LogP contribution is -2.51. The first kappa shape index (κ1) is 16.4. The highest BCUT2D eigenvalue weighted by atomic mass is 32.2. The van der Waals surface area contributed by atoms with Gasteiger partial charge in [0.05, 0.1) is 17.5 Å². The molecule has 0 aliphatic carbocycles. The Hall–Kier alpha value is -2.02. The van der Waals surface area contributed by atoms with Crippen LogP contribution in [0.3, 0.4) is 0 Å². The monoisotopic (exact) mass is 323 g/mol. The van der Waals surface area contributed by atoms with E-state index in [1.807, 2.05) is 0 Å². The minimum absolute atomic E-state index is 0.110. The molecule has 0 saturated carbocycles. The smallest absolute Gasteiger partial charge is 0.360 e. The van der Waals surface area contributed by atoms with Gasteiger partial charge in [-0.25, -0.2) is 8.42 Å². The average Bonchev–Trinajstić information content (AvgIpc) is 2.73. The molecule has 0 spiro atoms. The zero-order valence-electron chi connectivity index (χ0n) is 12.6. The van der Waals surface area contributed by atoms with Crippen LogP contribution in [0.5, 0.6) is 0 Å². The Labute approximate surface area is 129 Å². The number of ether oxygens (including phenoxy) is 1. The number of hydrogen-bond donors (Lipinski definition) is 0. The third kappa shape index (κ3) is 2.68. The maximum atomic E-state index is 12.6. The molecule has 118 valence electrons. The van der Waals surface area contributed by atoms with Crippen molar-refractivity contribution in [1.82, 2.24) is 4.90 Å². The zero-order chi connectivity index (χ0) is 16.5. The summed E-state index contributed by atoms with van der Waals surface area (Å²) in [7, 11) is -4.21. The van der Waals surface area contributed by atoms with Crippen LogP contribution < -0.4 is 0 Å². The molecule has 1 aliphatic rings. The summed E-state index contributed by atoms with van der Waals surface area (Å²) >= 11 is 0. The summed E-state index contributed by atoms with van der Waals surface area (Å²) in [6, 6.07) is 7.04. The molecular formula is C14H17N3O4S. The van der Waals surface area contributed by atoms with Gasteiger partial charge in [-0.15, -0.1) is 4.79 Å². The average molecular weight is 323 g/mol. The van der Waals surface area contributed by atoms with Crippen molar-refractivity contribution >= 4 is 20.8 Å². The van der Waals surface area contributed by atoms with Crippen LogP contribution in [0, 0.1) is 0 Å². The van der Waals surface area contributed by atoms with Gasteiger partial charge < -0.3 is 10.3 Å². The van der Waals surface area contributed by atoms with Crippen LogP contribution in [0.15, 0.2) is 35.2 Å². The Balaban J connectivity index is 2.46. The van der Waals surface area contributed by atoms with Gasteiger partial charge in [0.15, 0.2) is 0 Å². The summed E-state index contributed by atoms with van der Waals surface area (Å²) in [4.78, 5) is 16.5. The molecule has 7 nitrogen and oxygen atoms in total. The predicted octanol–water partition coefficient (Wildman–Crippen LogP) is 1.07. The van der Waals surface area contributed by atoms with Gasteiger partial charge in [0, 0.05) is 0 Å². The van der Waals surface area contributed by atoms with E-state index in [0.717, 1.165) is 0 Å². The molecule has 1 amide bonds. The lowest BCUT2D eigenvalue weighted by atomic mass is 10.2. The third-order valence-corrected chi connectivity index (χ3v) is 5.16. The lowest BCUT2D eigenvalue weighted by molar-refractivity contribution is -0.141. The van der Waals surface area contributed by atoms with Crippen LogP contribution in [-0.2, 0) is 19.4 Å². The van der Waals surface area contributed by atoms with Crippen molar-refractivity contribution in [1.29, 1.82) is 0 Å². The number of amides is 1. The Bertz CT molecular complexity index is 737. The fourth-order valence-electron chi connectivity index (χ4n) is 2.47. The molecule has 2 rings (SSSR count). The van der Waals surface area contributed by atoms with E-state index < -0.39 is 26.5 Å². The van der Waals surface area contributed by atoms with E-state index >= 15 is 0 Å². The second-order valence-electron chi connectivity index (χ2n) is 5.50. The highest BCUT2D eigenvalue weighted by Gasteiger charge is 2.49. The number of hydrogen-bond acceptors (Lipinski definition) is 4. The van der Waals surface area contributed by atoms with Crippen molar-refractivity contribution in [2.45, 2.75) is 37.4 Å². The molecule has 0 unspecified atom stereocenters. The summed E-state index contributed by atoms with van der Waals surface area (Å²) in [6.45, 7) is 5.32. The summed E-state index contributed by atoms with van der Waals surface area (Å²) in [5, 5.41) is -0.913. The van der Waals surface area contributed by atoms with E-state index in [9.17, 15) is 13.2 Å². The van der Waals surface area contributed by atoms with Gasteiger partial charge in [-0.2, -0.15) is 0 Å². The Morgan fingerprint density at radius 1 is 1.36 bits per heavy atom. The molecule has 0 aromatic heterocycles. The molecule has 0 N–H and O–H groups in total. The van der Waals surface area contributed by atoms with Crippen molar-refractivity contribution in [2.24, 2.45) is 0 Å². The Morgan fingerprint density at radius 3 is 2.41 bits per heavy atom. The largest absolute Gasteiger partial charge is 0.473 e. The highest BCUT2D eigenvalue weighted by molar-refractivity contribution is 8.08. The van der Waals surface area contributed by atoms with Crippen LogP contribution in [0.4, 0.5) is 0 Å². The summed E-state index contributed by atoms with van der Waals surface area (Å²) in [6.07, 6.45) is 0. The maximum Gasteiger partial charge on any atom is 0.473 e. The number of carbonyl (C=O) groups excluding carboxylic acids is 1. The molecule has 1 fully saturated rings. The van der Waals surface area contributed by atoms with Gasteiger partial charge in [0.2, 0.25) is 0 Å². The molecular weight excluding hydrogens is 306 g/mol. The standard InChI is InChI=1S/C14H17N3O4S/c1-10-9-21-14(2,3)17(10)13(18)12(16-15)22(19,20)11-7-5-4-6-8-11/h4-8,10H,9H2,1-3H3/t10-/m0/s1. The predicted molar refractivity (Wildman–Crippen MR) is 78.6 cm³/mol. The van der Waals surface area contributed by atoms with Gasteiger partial charge in [0.1, 0.15) is 5.72 Å². The van der Waals surface area contributed by atoms with E-state index in [4.69, 9.17) is 10.3 Å². The SMILES string of the molecule is C[C@H]1COC(C)(C)N1C(=O)C(=[N+]=[N-])S(=O)(=O)c1ccccc1. The second-order valence-corrected chi connectivity index (χ2v) is 7.37. The Morgan fingerprint density at radius 2 is 1.95 bits per heavy atom. The van der Waals surface area contributed by atoms with E-state index in [-0.39, 0.29) is 17.5 Å². The summed E-state index contributed by atoms with van der Waals surface area (Å²) < 4.78 is 30.5. The van der Waals surface area contributed by atoms with Crippen molar-refractivity contribution in [3.8, 4) is 0 Å². The van der Waals surface area contributed by atoms with Gasteiger partial charge >= 0.3 is 11.0 Å². The first-order valence-corrected chi connectivity index (χ1v) is 8.20. The molecule has 1 heterocycles. The molecule has 0 bridgehead atoms. The summed E-state index contributed by atoms with van der Waals surface area (Å²) in [5.41, 5.74) is 8.16. The normalized spacial score (nSPS) is 20.5. The van der Waals surface area contributed by atoms with Gasteiger partial charge in [-0.1, -0.05) is 18.2 Å². The van der Waals surface area contributed by atoms with Crippen LogP contribution in [0.2, 0.25) is 0 Å². The van der Waals surface area contributed by atoms with Gasteiger partial charge in [-0.3, -0.25) is 9.69 Å². The molecule has 1 atom stereocenters. The van der Waals surface area contributed by atoms with Crippen molar-refractivity contribution in [3.63, 3.8) is 0 Å². The van der Waals surface area contributed by atoms with Crippen LogP contribution in [0.1, 0.15) is 20.8 Å². The molecule has 1 aromatic carbocycles. The van der Waals surface area contributed by atoms with Crippen molar-refractivity contribution in [2.75, 3.05) is 6.61 Å². The second kappa shape index (κ2) is 5.64. The first-order valence-electron chi connectivity index (χ1n) is 6.71. The number of sulfone groups is 1. The number of nitrogens with zero attached hydrogens (tertiary/aromatic N) is 3. The van der Waals surface area contributed by atoms with E-state index in [0.29, 0.717) is 0 Å². The van der Waals surface area contributed by atoms with E-state index in [1.54, 1.807) is 26.8 Å². The Kier molecular flexibility index (Phi) is 4.19. The highest BCUT2D eigenvalue weighted by Crippen LogP contribution is 2.28. The fraction of sp³-hybridized carbons (Fsp3) is 0.429.